The predicted octanol–water partition coefficient (Wildman–Crippen LogP) is 2.87. The van der Waals surface area contributed by atoms with Crippen molar-refractivity contribution in [1.29, 1.82) is 0 Å². The molecule has 2 aliphatic rings. The molecule has 27 heavy (non-hydrogen) atoms. The molecule has 1 amide bonds. The molecule has 4 unspecified atom stereocenters. The van der Waals surface area contributed by atoms with Gasteiger partial charge in [0.2, 0.25) is 0 Å². The SMILES string of the molecule is CC1CN(Cc2ccc(C(=O)NC3CNCCC3C)cc2)CC(C)O1.Cl.Cl. The van der Waals surface area contributed by atoms with Crippen LogP contribution in [0.25, 0.3) is 0 Å². The fourth-order valence-corrected chi connectivity index (χ4v) is 3.87. The summed E-state index contributed by atoms with van der Waals surface area (Å²) in [5.74, 6) is 0.551. The number of amides is 1. The van der Waals surface area contributed by atoms with E-state index in [-0.39, 0.29) is 49.0 Å². The van der Waals surface area contributed by atoms with Crippen molar-refractivity contribution in [3.05, 3.63) is 35.4 Å². The summed E-state index contributed by atoms with van der Waals surface area (Å²) < 4.78 is 5.79. The molecule has 2 saturated heterocycles. The van der Waals surface area contributed by atoms with E-state index in [1.54, 1.807) is 0 Å². The first kappa shape index (κ1) is 24.2. The summed E-state index contributed by atoms with van der Waals surface area (Å²) in [6.07, 6.45) is 1.67. The Labute approximate surface area is 175 Å². The number of carbonyl (C=O) groups excluding carboxylic acids is 1. The first-order valence-corrected chi connectivity index (χ1v) is 9.49. The van der Waals surface area contributed by atoms with Gasteiger partial charge < -0.3 is 15.4 Å². The summed E-state index contributed by atoms with van der Waals surface area (Å²) in [5, 5.41) is 6.52. The van der Waals surface area contributed by atoms with Crippen molar-refractivity contribution in [3.8, 4) is 0 Å². The van der Waals surface area contributed by atoms with Crippen molar-refractivity contribution in [2.24, 2.45) is 5.92 Å². The molecule has 7 heteroatoms. The highest BCUT2D eigenvalue weighted by Crippen LogP contribution is 2.16. The highest BCUT2D eigenvalue weighted by Gasteiger charge is 2.24. The second-order valence-electron chi connectivity index (χ2n) is 7.70. The van der Waals surface area contributed by atoms with Gasteiger partial charge in [-0.1, -0.05) is 19.1 Å². The van der Waals surface area contributed by atoms with Crippen LogP contribution in [-0.4, -0.2) is 55.2 Å². The Hall–Kier alpha value is -0.850. The zero-order valence-corrected chi connectivity index (χ0v) is 18.1. The summed E-state index contributed by atoms with van der Waals surface area (Å²) in [7, 11) is 0. The molecule has 3 rings (SSSR count). The third-order valence-corrected chi connectivity index (χ3v) is 5.26. The lowest BCUT2D eigenvalue weighted by molar-refractivity contribution is -0.0704. The van der Waals surface area contributed by atoms with Crippen LogP contribution in [0.1, 0.15) is 43.1 Å². The van der Waals surface area contributed by atoms with Gasteiger partial charge in [0.25, 0.3) is 5.91 Å². The minimum Gasteiger partial charge on any atom is -0.373 e. The van der Waals surface area contributed by atoms with Gasteiger partial charge in [0.05, 0.1) is 12.2 Å². The molecule has 1 aromatic carbocycles. The highest BCUT2D eigenvalue weighted by molar-refractivity contribution is 5.94. The molecule has 4 atom stereocenters. The lowest BCUT2D eigenvalue weighted by Gasteiger charge is -2.35. The van der Waals surface area contributed by atoms with Crippen molar-refractivity contribution in [3.63, 3.8) is 0 Å². The van der Waals surface area contributed by atoms with Crippen molar-refractivity contribution < 1.29 is 9.53 Å². The van der Waals surface area contributed by atoms with Gasteiger partial charge in [-0.3, -0.25) is 9.69 Å². The fourth-order valence-electron chi connectivity index (χ4n) is 3.87. The molecule has 2 aliphatic heterocycles. The van der Waals surface area contributed by atoms with Gasteiger partial charge in [-0.05, 0) is 50.4 Å². The average Bonchev–Trinajstić information content (AvgIpc) is 2.56. The summed E-state index contributed by atoms with van der Waals surface area (Å²) in [6, 6.07) is 8.25. The van der Waals surface area contributed by atoms with Gasteiger partial charge in [0, 0.05) is 37.8 Å². The number of rotatable bonds is 4. The number of nitrogens with one attached hydrogen (secondary N) is 2. The van der Waals surface area contributed by atoms with E-state index in [1.807, 2.05) is 12.1 Å². The molecule has 0 radical (unpaired) electrons. The van der Waals surface area contributed by atoms with Crippen LogP contribution in [0.4, 0.5) is 0 Å². The lowest BCUT2D eigenvalue weighted by Crippen LogP contribution is -2.50. The monoisotopic (exact) mass is 417 g/mol. The number of piperidine rings is 1. The predicted molar refractivity (Wildman–Crippen MR) is 114 cm³/mol. The summed E-state index contributed by atoms with van der Waals surface area (Å²) in [5.41, 5.74) is 1.98. The zero-order chi connectivity index (χ0) is 17.8. The van der Waals surface area contributed by atoms with Crippen LogP contribution in [0.5, 0.6) is 0 Å². The Morgan fingerprint density at radius 3 is 2.37 bits per heavy atom. The largest absolute Gasteiger partial charge is 0.373 e. The standard InChI is InChI=1S/C20H31N3O2.2ClH/c1-14-8-9-21-10-19(14)22-20(24)18-6-4-17(5-7-18)13-23-11-15(2)25-16(3)12-23;;/h4-7,14-16,19,21H,8-13H2,1-3H3,(H,22,24);2*1H. The maximum atomic E-state index is 12.5. The molecule has 0 aliphatic carbocycles. The summed E-state index contributed by atoms with van der Waals surface area (Å²) in [6.45, 7) is 11.2. The van der Waals surface area contributed by atoms with Crippen LogP contribution in [0, 0.1) is 5.92 Å². The second-order valence-corrected chi connectivity index (χ2v) is 7.70. The molecule has 5 nitrogen and oxygen atoms in total. The van der Waals surface area contributed by atoms with Gasteiger partial charge in [-0.2, -0.15) is 0 Å². The van der Waals surface area contributed by atoms with Gasteiger partial charge in [-0.25, -0.2) is 0 Å². The van der Waals surface area contributed by atoms with Gasteiger partial charge in [0.1, 0.15) is 0 Å². The Morgan fingerprint density at radius 2 is 1.78 bits per heavy atom. The van der Waals surface area contributed by atoms with Crippen molar-refractivity contribution in [2.75, 3.05) is 26.2 Å². The topological polar surface area (TPSA) is 53.6 Å². The Morgan fingerprint density at radius 1 is 1.15 bits per heavy atom. The quantitative estimate of drug-likeness (QED) is 0.790. The molecule has 2 fully saturated rings. The van der Waals surface area contributed by atoms with Crippen LogP contribution in [0.15, 0.2) is 24.3 Å². The first-order chi connectivity index (χ1) is 12.0. The number of carbonyl (C=O) groups is 1. The van der Waals surface area contributed by atoms with Crippen molar-refractivity contribution in [2.45, 2.75) is 52.0 Å². The van der Waals surface area contributed by atoms with Crippen molar-refractivity contribution in [1.82, 2.24) is 15.5 Å². The van der Waals surface area contributed by atoms with E-state index in [0.717, 1.165) is 44.7 Å². The Balaban J connectivity index is 0.00000182. The molecule has 2 heterocycles. The zero-order valence-electron chi connectivity index (χ0n) is 16.4. The van der Waals surface area contributed by atoms with Crippen LogP contribution in [-0.2, 0) is 11.3 Å². The number of hydrogen-bond acceptors (Lipinski definition) is 4. The maximum absolute atomic E-state index is 12.5. The molecule has 0 saturated carbocycles. The van der Waals surface area contributed by atoms with E-state index < -0.39 is 0 Å². The number of hydrogen-bond donors (Lipinski definition) is 2. The van der Waals surface area contributed by atoms with Gasteiger partial charge in [-0.15, -0.1) is 24.8 Å². The molecule has 0 spiro atoms. The molecule has 0 aromatic heterocycles. The smallest absolute Gasteiger partial charge is 0.251 e. The Bertz CT molecular complexity index is 575. The first-order valence-electron chi connectivity index (χ1n) is 9.49. The molecular weight excluding hydrogens is 385 g/mol. The van der Waals surface area contributed by atoms with Crippen LogP contribution < -0.4 is 10.6 Å². The fraction of sp³-hybridized carbons (Fsp3) is 0.650. The third kappa shape index (κ3) is 6.91. The third-order valence-electron chi connectivity index (χ3n) is 5.26. The van der Waals surface area contributed by atoms with Crippen LogP contribution in [0.3, 0.4) is 0 Å². The molecule has 2 N–H and O–H groups in total. The average molecular weight is 418 g/mol. The molecule has 154 valence electrons. The number of ether oxygens (including phenoxy) is 1. The molecule has 0 bridgehead atoms. The van der Waals surface area contributed by atoms with E-state index in [1.165, 1.54) is 5.56 Å². The van der Waals surface area contributed by atoms with E-state index in [0.29, 0.717) is 5.92 Å². The second kappa shape index (κ2) is 11.2. The van der Waals surface area contributed by atoms with E-state index in [2.05, 4.69) is 48.4 Å². The number of benzene rings is 1. The van der Waals surface area contributed by atoms with Crippen LogP contribution in [0.2, 0.25) is 0 Å². The van der Waals surface area contributed by atoms with Gasteiger partial charge >= 0.3 is 0 Å². The van der Waals surface area contributed by atoms with E-state index in [4.69, 9.17) is 4.74 Å². The Kier molecular flexibility index (Phi) is 10.1. The number of morpholine rings is 1. The molecule has 1 aromatic rings. The normalized spacial score (nSPS) is 28.6. The summed E-state index contributed by atoms with van der Waals surface area (Å²) >= 11 is 0. The van der Waals surface area contributed by atoms with Crippen molar-refractivity contribution >= 4 is 30.7 Å². The number of halogens is 2. The number of nitrogens with zero attached hydrogens (tertiary/aromatic N) is 1. The van der Waals surface area contributed by atoms with Gasteiger partial charge in [0.15, 0.2) is 0 Å². The van der Waals surface area contributed by atoms with Crippen LogP contribution >= 0.6 is 24.8 Å². The highest BCUT2D eigenvalue weighted by atomic mass is 35.5. The van der Waals surface area contributed by atoms with E-state index >= 15 is 0 Å². The molecular formula is C20H33Cl2N3O2. The minimum absolute atomic E-state index is 0. The lowest BCUT2D eigenvalue weighted by atomic mass is 9.94. The minimum atomic E-state index is 0. The van der Waals surface area contributed by atoms with E-state index in [9.17, 15) is 4.79 Å². The maximum Gasteiger partial charge on any atom is 0.251 e. The summed E-state index contributed by atoms with van der Waals surface area (Å²) in [4.78, 5) is 14.9.